The highest BCUT2D eigenvalue weighted by molar-refractivity contribution is 7.89. The summed E-state index contributed by atoms with van der Waals surface area (Å²) in [4.78, 5) is 12.6. The standard InChI is InChI=1S/C29H31N3O3S/c1-21-9-8-10-22(2)28(21)20-26(33)14-7-6-13-24-19-29(23-11-4-3-5-12-23)32(31-24)25-15-17-27(18-16-25)36(30,34)35/h3-5,8-12,15-19H,6-7,13-14,20H2,1-2H3,(H2,30,34,35). The maximum Gasteiger partial charge on any atom is 0.238 e. The molecule has 0 amide bonds. The van der Waals surface area contributed by atoms with E-state index in [2.05, 4.69) is 32.0 Å². The Morgan fingerprint density at radius 2 is 1.56 bits per heavy atom. The second-order valence-electron chi connectivity index (χ2n) is 9.13. The molecule has 0 aliphatic rings. The largest absolute Gasteiger partial charge is 0.299 e. The van der Waals surface area contributed by atoms with Gasteiger partial charge in [0.25, 0.3) is 0 Å². The van der Waals surface area contributed by atoms with Crippen molar-refractivity contribution in [1.29, 1.82) is 0 Å². The second kappa shape index (κ2) is 11.0. The van der Waals surface area contributed by atoms with E-state index in [-0.39, 0.29) is 10.7 Å². The molecule has 0 fully saturated rings. The van der Waals surface area contributed by atoms with Crippen molar-refractivity contribution in [2.45, 2.75) is 50.8 Å². The van der Waals surface area contributed by atoms with Crippen LogP contribution < -0.4 is 5.14 Å². The lowest BCUT2D eigenvalue weighted by molar-refractivity contribution is -0.118. The molecule has 4 aromatic rings. The molecule has 2 N–H and O–H groups in total. The quantitative estimate of drug-likeness (QED) is 0.297. The molecule has 36 heavy (non-hydrogen) atoms. The van der Waals surface area contributed by atoms with Crippen molar-refractivity contribution in [1.82, 2.24) is 9.78 Å². The molecule has 0 unspecified atom stereocenters. The normalized spacial score (nSPS) is 11.5. The van der Waals surface area contributed by atoms with E-state index in [1.54, 1.807) is 12.1 Å². The highest BCUT2D eigenvalue weighted by Crippen LogP contribution is 2.25. The maximum atomic E-state index is 12.6. The van der Waals surface area contributed by atoms with Crippen molar-refractivity contribution in [3.63, 3.8) is 0 Å². The number of aryl methyl sites for hydroxylation is 3. The molecule has 0 radical (unpaired) electrons. The van der Waals surface area contributed by atoms with Crippen LogP contribution in [0.2, 0.25) is 0 Å². The van der Waals surface area contributed by atoms with Crippen LogP contribution in [0.15, 0.2) is 83.8 Å². The average Bonchev–Trinajstić information content (AvgIpc) is 3.29. The van der Waals surface area contributed by atoms with Gasteiger partial charge in [-0.15, -0.1) is 0 Å². The van der Waals surface area contributed by atoms with Gasteiger partial charge in [0.2, 0.25) is 10.0 Å². The van der Waals surface area contributed by atoms with Crippen LogP contribution in [0, 0.1) is 13.8 Å². The number of hydrogen-bond acceptors (Lipinski definition) is 4. The number of primary sulfonamides is 1. The van der Waals surface area contributed by atoms with Crippen molar-refractivity contribution in [2.24, 2.45) is 5.14 Å². The molecule has 1 aromatic heterocycles. The Kier molecular flexibility index (Phi) is 7.82. The summed E-state index contributed by atoms with van der Waals surface area (Å²) in [5.74, 6) is 0.262. The minimum Gasteiger partial charge on any atom is -0.299 e. The van der Waals surface area contributed by atoms with Crippen molar-refractivity contribution in [2.75, 3.05) is 0 Å². The molecule has 186 valence electrons. The fraction of sp³-hybridized carbons (Fsp3) is 0.241. The van der Waals surface area contributed by atoms with Gasteiger partial charge < -0.3 is 0 Å². The summed E-state index contributed by atoms with van der Waals surface area (Å²) in [5.41, 5.74) is 7.07. The van der Waals surface area contributed by atoms with Gasteiger partial charge in [0, 0.05) is 18.4 Å². The summed E-state index contributed by atoms with van der Waals surface area (Å²) in [5, 5.41) is 10.1. The summed E-state index contributed by atoms with van der Waals surface area (Å²) < 4.78 is 25.1. The van der Waals surface area contributed by atoms with Gasteiger partial charge in [0.05, 0.1) is 22.0 Å². The van der Waals surface area contributed by atoms with Crippen LogP contribution in [0.5, 0.6) is 0 Å². The number of unbranched alkanes of at least 4 members (excludes halogenated alkanes) is 1. The fourth-order valence-corrected chi connectivity index (χ4v) is 4.90. The number of ketones is 1. The summed E-state index contributed by atoms with van der Waals surface area (Å²) in [7, 11) is -3.76. The summed E-state index contributed by atoms with van der Waals surface area (Å²) in [6.07, 6.45) is 3.45. The van der Waals surface area contributed by atoms with Crippen molar-refractivity contribution >= 4 is 15.8 Å². The second-order valence-corrected chi connectivity index (χ2v) is 10.7. The monoisotopic (exact) mass is 501 g/mol. The van der Waals surface area contributed by atoms with Gasteiger partial charge in [-0.25, -0.2) is 18.2 Å². The molecule has 4 rings (SSSR count). The molecule has 0 aliphatic carbocycles. The van der Waals surface area contributed by atoms with E-state index in [1.165, 1.54) is 23.3 Å². The number of benzene rings is 3. The molecule has 0 saturated carbocycles. The van der Waals surface area contributed by atoms with Gasteiger partial charge in [-0.3, -0.25) is 4.79 Å². The third kappa shape index (κ3) is 6.17. The zero-order valence-corrected chi connectivity index (χ0v) is 21.5. The van der Waals surface area contributed by atoms with E-state index in [4.69, 9.17) is 10.2 Å². The zero-order chi connectivity index (χ0) is 25.7. The number of rotatable bonds is 10. The van der Waals surface area contributed by atoms with Gasteiger partial charge in [-0.05, 0) is 80.1 Å². The Morgan fingerprint density at radius 1 is 0.889 bits per heavy atom. The lowest BCUT2D eigenvalue weighted by atomic mass is 9.96. The van der Waals surface area contributed by atoms with E-state index < -0.39 is 10.0 Å². The number of nitrogens with zero attached hydrogens (tertiary/aromatic N) is 2. The molecule has 6 nitrogen and oxygen atoms in total. The van der Waals surface area contributed by atoms with Crippen molar-refractivity contribution in [3.8, 4) is 16.9 Å². The molecule has 0 atom stereocenters. The highest BCUT2D eigenvalue weighted by Gasteiger charge is 2.14. The van der Waals surface area contributed by atoms with Crippen LogP contribution in [0.25, 0.3) is 16.9 Å². The topological polar surface area (TPSA) is 95.0 Å². The van der Waals surface area contributed by atoms with Gasteiger partial charge in [0.1, 0.15) is 5.78 Å². The van der Waals surface area contributed by atoms with Crippen LogP contribution in [0.1, 0.15) is 41.6 Å². The number of sulfonamides is 1. The first kappa shape index (κ1) is 25.5. The number of carbonyl (C=O) groups excluding carboxylic acids is 1. The van der Waals surface area contributed by atoms with Crippen molar-refractivity contribution < 1.29 is 13.2 Å². The van der Waals surface area contributed by atoms with Gasteiger partial charge in [0.15, 0.2) is 0 Å². The van der Waals surface area contributed by atoms with Crippen LogP contribution in [-0.2, 0) is 27.7 Å². The molecule has 0 bridgehead atoms. The Hall–Kier alpha value is -3.55. The first-order chi connectivity index (χ1) is 17.2. The number of aromatic nitrogens is 2. The smallest absolute Gasteiger partial charge is 0.238 e. The van der Waals surface area contributed by atoms with E-state index in [0.29, 0.717) is 12.8 Å². The first-order valence-corrected chi connectivity index (χ1v) is 13.6. The summed E-state index contributed by atoms with van der Waals surface area (Å²) in [6, 6.07) is 24.5. The predicted molar refractivity (Wildman–Crippen MR) is 143 cm³/mol. The lowest BCUT2D eigenvalue weighted by Gasteiger charge is -2.09. The van der Waals surface area contributed by atoms with Gasteiger partial charge in [-0.2, -0.15) is 5.10 Å². The van der Waals surface area contributed by atoms with Gasteiger partial charge in [-0.1, -0.05) is 48.5 Å². The Morgan fingerprint density at radius 3 is 2.19 bits per heavy atom. The average molecular weight is 502 g/mol. The predicted octanol–water partition coefficient (Wildman–Crippen LogP) is 5.33. The van der Waals surface area contributed by atoms with E-state index in [1.807, 2.05) is 41.1 Å². The molecule has 7 heteroatoms. The highest BCUT2D eigenvalue weighted by atomic mass is 32.2. The van der Waals surface area contributed by atoms with E-state index >= 15 is 0 Å². The third-order valence-corrected chi connectivity index (χ3v) is 7.33. The summed E-state index contributed by atoms with van der Waals surface area (Å²) in [6.45, 7) is 4.11. The number of hydrogen-bond donors (Lipinski definition) is 1. The number of nitrogens with two attached hydrogens (primary N) is 1. The van der Waals surface area contributed by atoms with Crippen LogP contribution in [0.3, 0.4) is 0 Å². The molecule has 3 aromatic carbocycles. The van der Waals surface area contributed by atoms with Gasteiger partial charge >= 0.3 is 0 Å². The number of Topliss-reactive ketones (excluding diaryl/α,β-unsaturated/α-hetero) is 1. The van der Waals surface area contributed by atoms with Crippen LogP contribution in [-0.4, -0.2) is 24.0 Å². The third-order valence-electron chi connectivity index (χ3n) is 6.40. The first-order valence-electron chi connectivity index (χ1n) is 12.1. The van der Waals surface area contributed by atoms with E-state index in [0.717, 1.165) is 47.5 Å². The van der Waals surface area contributed by atoms with E-state index in [9.17, 15) is 13.2 Å². The Bertz CT molecular complexity index is 1440. The zero-order valence-electron chi connectivity index (χ0n) is 20.6. The minimum absolute atomic E-state index is 0.0606. The Labute approximate surface area is 212 Å². The molecule has 0 saturated heterocycles. The maximum absolute atomic E-state index is 12.6. The molecule has 0 spiro atoms. The minimum atomic E-state index is -3.76. The molecule has 1 heterocycles. The van der Waals surface area contributed by atoms with Crippen molar-refractivity contribution in [3.05, 3.63) is 101 Å². The Balaban J connectivity index is 1.45. The molecule has 0 aliphatic heterocycles. The summed E-state index contributed by atoms with van der Waals surface area (Å²) >= 11 is 0. The lowest BCUT2D eigenvalue weighted by Crippen LogP contribution is -2.12. The van der Waals surface area contributed by atoms with Crippen LogP contribution >= 0.6 is 0 Å². The molecular formula is C29H31N3O3S. The SMILES string of the molecule is Cc1cccc(C)c1CC(=O)CCCCc1cc(-c2ccccc2)n(-c2ccc(S(N)(=O)=O)cc2)n1. The fourth-order valence-electron chi connectivity index (χ4n) is 4.38. The number of carbonyl (C=O) groups is 1. The van der Waals surface area contributed by atoms with Crippen LogP contribution in [0.4, 0.5) is 0 Å². The molecular weight excluding hydrogens is 470 g/mol.